The maximum atomic E-state index is 11.2. The number of carboxylic acid groups (broad SMARTS) is 1. The van der Waals surface area contributed by atoms with Gasteiger partial charge in [-0.15, -0.1) is 11.8 Å². The Morgan fingerprint density at radius 1 is 1.44 bits per heavy atom. The van der Waals surface area contributed by atoms with Crippen LogP contribution in [-0.2, 0) is 10.2 Å². The van der Waals surface area contributed by atoms with E-state index in [0.717, 1.165) is 36.4 Å². The number of benzene rings is 1. The van der Waals surface area contributed by atoms with Crippen LogP contribution in [0.25, 0.3) is 0 Å². The van der Waals surface area contributed by atoms with Gasteiger partial charge in [0.05, 0.1) is 5.41 Å². The zero-order chi connectivity index (χ0) is 11.2. The number of carboxylic acids is 1. The number of thioether (sulfide) groups is 1. The van der Waals surface area contributed by atoms with Gasteiger partial charge in [0.25, 0.3) is 0 Å². The maximum Gasteiger partial charge on any atom is 0.314 e. The summed E-state index contributed by atoms with van der Waals surface area (Å²) in [7, 11) is 0. The summed E-state index contributed by atoms with van der Waals surface area (Å²) in [6, 6.07) is 6.02. The second-order valence-corrected chi connectivity index (χ2v) is 5.51. The molecule has 1 heterocycles. The van der Waals surface area contributed by atoms with Crippen molar-refractivity contribution in [2.75, 3.05) is 17.6 Å². The highest BCUT2D eigenvalue weighted by Crippen LogP contribution is 2.49. The van der Waals surface area contributed by atoms with Gasteiger partial charge in [0, 0.05) is 22.9 Å². The lowest BCUT2D eigenvalue weighted by atomic mass is 9.96. The molecule has 2 N–H and O–H groups in total. The predicted molar refractivity (Wildman–Crippen MR) is 64.2 cm³/mol. The molecule has 16 heavy (non-hydrogen) atoms. The van der Waals surface area contributed by atoms with E-state index in [4.69, 9.17) is 0 Å². The van der Waals surface area contributed by atoms with E-state index in [1.54, 1.807) is 11.8 Å². The van der Waals surface area contributed by atoms with Crippen molar-refractivity contribution in [3.05, 3.63) is 23.8 Å². The normalized spacial score (nSPS) is 20.8. The molecule has 1 saturated carbocycles. The predicted octanol–water partition coefficient (Wildman–Crippen LogP) is 2.32. The Kier molecular flexibility index (Phi) is 2.14. The Balaban J connectivity index is 2.00. The number of aliphatic carboxylic acids is 1. The van der Waals surface area contributed by atoms with Gasteiger partial charge < -0.3 is 10.4 Å². The van der Waals surface area contributed by atoms with Crippen LogP contribution in [0, 0.1) is 0 Å². The third kappa shape index (κ3) is 1.40. The van der Waals surface area contributed by atoms with Gasteiger partial charge in [-0.1, -0.05) is 6.07 Å². The van der Waals surface area contributed by atoms with Crippen molar-refractivity contribution in [2.24, 2.45) is 0 Å². The summed E-state index contributed by atoms with van der Waals surface area (Å²) >= 11 is 1.80. The molecule has 1 aliphatic carbocycles. The van der Waals surface area contributed by atoms with Crippen molar-refractivity contribution in [3.8, 4) is 0 Å². The Morgan fingerprint density at radius 2 is 2.25 bits per heavy atom. The molecule has 0 unspecified atom stereocenters. The van der Waals surface area contributed by atoms with Crippen LogP contribution in [0.4, 0.5) is 5.69 Å². The minimum absolute atomic E-state index is 0.576. The van der Waals surface area contributed by atoms with Gasteiger partial charge in [-0.05, 0) is 30.5 Å². The summed E-state index contributed by atoms with van der Waals surface area (Å²) in [5.74, 6) is 0.373. The number of carbonyl (C=O) groups is 1. The molecule has 1 aromatic carbocycles. The molecular formula is C12H13NO2S. The summed E-state index contributed by atoms with van der Waals surface area (Å²) < 4.78 is 0. The van der Waals surface area contributed by atoms with Crippen molar-refractivity contribution in [2.45, 2.75) is 23.2 Å². The van der Waals surface area contributed by atoms with Crippen LogP contribution >= 0.6 is 11.8 Å². The van der Waals surface area contributed by atoms with E-state index < -0.39 is 11.4 Å². The van der Waals surface area contributed by atoms with Crippen molar-refractivity contribution in [1.82, 2.24) is 0 Å². The summed E-state index contributed by atoms with van der Waals surface area (Å²) in [5.41, 5.74) is 1.53. The Hall–Kier alpha value is -1.16. The zero-order valence-electron chi connectivity index (χ0n) is 8.82. The molecule has 3 nitrogen and oxygen atoms in total. The Morgan fingerprint density at radius 3 is 2.94 bits per heavy atom. The number of anilines is 1. The fourth-order valence-electron chi connectivity index (χ4n) is 2.18. The average molecular weight is 235 g/mol. The number of hydrogen-bond acceptors (Lipinski definition) is 3. The van der Waals surface area contributed by atoms with E-state index in [1.165, 1.54) is 4.90 Å². The fourth-order valence-corrected chi connectivity index (χ4v) is 3.11. The second kappa shape index (κ2) is 3.42. The fraction of sp³-hybridized carbons (Fsp3) is 0.417. The van der Waals surface area contributed by atoms with E-state index >= 15 is 0 Å². The van der Waals surface area contributed by atoms with Crippen LogP contribution in [-0.4, -0.2) is 23.4 Å². The van der Waals surface area contributed by atoms with Crippen LogP contribution in [0.2, 0.25) is 0 Å². The van der Waals surface area contributed by atoms with Gasteiger partial charge in [0.2, 0.25) is 0 Å². The first-order valence-corrected chi connectivity index (χ1v) is 6.45. The maximum absolute atomic E-state index is 11.2. The first-order valence-electron chi connectivity index (χ1n) is 5.47. The molecule has 0 amide bonds. The van der Waals surface area contributed by atoms with E-state index in [1.807, 2.05) is 18.2 Å². The molecule has 3 rings (SSSR count). The lowest BCUT2D eigenvalue weighted by Gasteiger charge is -2.19. The van der Waals surface area contributed by atoms with Crippen molar-refractivity contribution in [1.29, 1.82) is 0 Å². The third-order valence-corrected chi connectivity index (χ3v) is 4.43. The Bertz CT molecular complexity index is 454. The molecular weight excluding hydrogens is 222 g/mol. The van der Waals surface area contributed by atoms with Crippen molar-refractivity contribution >= 4 is 23.4 Å². The largest absolute Gasteiger partial charge is 0.481 e. The summed E-state index contributed by atoms with van der Waals surface area (Å²) in [4.78, 5) is 12.4. The number of hydrogen-bond donors (Lipinski definition) is 2. The molecule has 0 radical (unpaired) electrons. The van der Waals surface area contributed by atoms with Crippen molar-refractivity contribution < 1.29 is 9.90 Å². The summed E-state index contributed by atoms with van der Waals surface area (Å²) in [6.07, 6.45) is 1.55. The highest BCUT2D eigenvalue weighted by Gasteiger charge is 2.51. The summed E-state index contributed by atoms with van der Waals surface area (Å²) in [5, 5.41) is 12.6. The Labute approximate surface area is 98.2 Å². The molecule has 1 aromatic rings. The first kappa shape index (κ1) is 10.0. The number of rotatable bonds is 2. The smallest absolute Gasteiger partial charge is 0.314 e. The van der Waals surface area contributed by atoms with Gasteiger partial charge >= 0.3 is 5.97 Å². The van der Waals surface area contributed by atoms with Crippen LogP contribution in [0.15, 0.2) is 23.1 Å². The second-order valence-electron chi connectivity index (χ2n) is 4.37. The average Bonchev–Trinajstić information content (AvgIpc) is 3.09. The lowest BCUT2D eigenvalue weighted by molar-refractivity contribution is -0.140. The summed E-state index contributed by atoms with van der Waals surface area (Å²) in [6.45, 7) is 0.987. The quantitative estimate of drug-likeness (QED) is 0.826. The highest BCUT2D eigenvalue weighted by molar-refractivity contribution is 7.99. The molecule has 84 valence electrons. The molecule has 0 atom stereocenters. The van der Waals surface area contributed by atoms with Crippen molar-refractivity contribution in [3.63, 3.8) is 0 Å². The van der Waals surface area contributed by atoms with Crippen LogP contribution < -0.4 is 5.32 Å². The van der Waals surface area contributed by atoms with E-state index in [2.05, 4.69) is 5.32 Å². The molecule has 2 aliphatic rings. The van der Waals surface area contributed by atoms with Gasteiger partial charge in [0.1, 0.15) is 0 Å². The van der Waals surface area contributed by atoms with Crippen LogP contribution in [0.3, 0.4) is 0 Å². The minimum atomic E-state index is -0.679. The lowest BCUT2D eigenvalue weighted by Crippen LogP contribution is -2.20. The third-order valence-electron chi connectivity index (χ3n) is 3.37. The van der Waals surface area contributed by atoms with E-state index in [9.17, 15) is 9.90 Å². The van der Waals surface area contributed by atoms with Crippen LogP contribution in [0.1, 0.15) is 18.4 Å². The molecule has 1 aliphatic heterocycles. The molecule has 0 spiro atoms. The zero-order valence-corrected chi connectivity index (χ0v) is 9.64. The molecule has 4 heteroatoms. The molecule has 0 bridgehead atoms. The topological polar surface area (TPSA) is 49.3 Å². The first-order chi connectivity index (χ1) is 7.72. The van der Waals surface area contributed by atoms with Gasteiger partial charge in [0.15, 0.2) is 0 Å². The molecule has 0 saturated heterocycles. The van der Waals surface area contributed by atoms with Gasteiger partial charge in [-0.2, -0.15) is 0 Å². The number of fused-ring (bicyclic) bond motifs is 1. The van der Waals surface area contributed by atoms with E-state index in [-0.39, 0.29) is 0 Å². The van der Waals surface area contributed by atoms with Gasteiger partial charge in [-0.25, -0.2) is 0 Å². The molecule has 1 fully saturated rings. The standard InChI is InChI=1S/C12H13NO2S/c14-11(15)12(3-4-12)8-1-2-9-10(7-8)16-6-5-13-9/h1-2,7,13H,3-6H2,(H,14,15). The SMILES string of the molecule is O=C(O)C1(c2ccc3c(c2)SCCN3)CC1. The molecule has 0 aromatic heterocycles. The van der Waals surface area contributed by atoms with E-state index in [0.29, 0.717) is 0 Å². The van der Waals surface area contributed by atoms with Gasteiger partial charge in [-0.3, -0.25) is 4.79 Å². The monoisotopic (exact) mass is 235 g/mol. The van der Waals surface area contributed by atoms with Crippen LogP contribution in [0.5, 0.6) is 0 Å². The number of nitrogens with one attached hydrogen (secondary N) is 1. The minimum Gasteiger partial charge on any atom is -0.481 e. The highest BCUT2D eigenvalue weighted by atomic mass is 32.2.